The van der Waals surface area contributed by atoms with Crippen LogP contribution in [0.3, 0.4) is 0 Å². The van der Waals surface area contributed by atoms with Gasteiger partial charge in [0.1, 0.15) is 0 Å². The first-order valence-corrected chi connectivity index (χ1v) is 8.89. The summed E-state index contributed by atoms with van der Waals surface area (Å²) in [5, 5.41) is 0. The fourth-order valence-electron chi connectivity index (χ4n) is 5.20. The van der Waals surface area contributed by atoms with E-state index in [9.17, 15) is 0 Å². The van der Waals surface area contributed by atoms with Gasteiger partial charge in [-0.05, 0) is 37.5 Å². The molecule has 3 fully saturated rings. The van der Waals surface area contributed by atoms with E-state index in [1.165, 1.54) is 64.7 Å². The van der Waals surface area contributed by atoms with Crippen molar-refractivity contribution in [1.82, 2.24) is 9.80 Å². The lowest BCUT2D eigenvalue weighted by Gasteiger charge is -2.48. The van der Waals surface area contributed by atoms with Gasteiger partial charge in [-0.1, -0.05) is 26.7 Å². The van der Waals surface area contributed by atoms with Gasteiger partial charge >= 0.3 is 0 Å². The minimum absolute atomic E-state index is 0.395. The maximum atomic E-state index is 6.49. The fraction of sp³-hybridized carbons (Fsp3) is 1.00. The van der Waals surface area contributed by atoms with Gasteiger partial charge in [-0.15, -0.1) is 0 Å². The van der Waals surface area contributed by atoms with Crippen LogP contribution in [0.15, 0.2) is 0 Å². The molecule has 0 aromatic carbocycles. The van der Waals surface area contributed by atoms with Crippen LogP contribution in [-0.4, -0.2) is 54.1 Å². The lowest BCUT2D eigenvalue weighted by molar-refractivity contribution is 0.0210. The molecule has 1 saturated heterocycles. The number of nitrogens with zero attached hydrogens (tertiary/aromatic N) is 2. The van der Waals surface area contributed by atoms with Crippen LogP contribution in [-0.2, 0) is 0 Å². The predicted octanol–water partition coefficient (Wildman–Crippen LogP) is 2.31. The molecule has 0 aromatic heterocycles. The Labute approximate surface area is 124 Å². The van der Waals surface area contributed by atoms with Gasteiger partial charge in [-0.3, -0.25) is 9.80 Å². The van der Waals surface area contributed by atoms with Gasteiger partial charge in [-0.2, -0.15) is 0 Å². The summed E-state index contributed by atoms with van der Waals surface area (Å²) in [6.07, 6.45) is 8.37. The third kappa shape index (κ3) is 3.05. The van der Waals surface area contributed by atoms with Gasteiger partial charge in [0.2, 0.25) is 0 Å². The molecule has 0 amide bonds. The summed E-state index contributed by atoms with van der Waals surface area (Å²) in [6, 6.07) is 1.93. The Bertz CT molecular complexity index is 293. The maximum Gasteiger partial charge on any atom is 0.0274 e. The first-order valence-electron chi connectivity index (χ1n) is 8.89. The summed E-state index contributed by atoms with van der Waals surface area (Å²) in [6.45, 7) is 9.82. The standard InChI is InChI=1S/C17H33N3/c1-13-11-14(2)17(16(18)12-13)20-9-7-19(8-10-20)15-5-3-4-6-15/h13-17H,3-12,18H2,1-2H3. The summed E-state index contributed by atoms with van der Waals surface area (Å²) in [4.78, 5) is 5.47. The molecule has 3 rings (SSSR count). The third-order valence-electron chi connectivity index (χ3n) is 6.08. The highest BCUT2D eigenvalue weighted by Gasteiger charge is 2.37. The van der Waals surface area contributed by atoms with E-state index >= 15 is 0 Å². The molecule has 0 aromatic rings. The zero-order chi connectivity index (χ0) is 14.1. The maximum absolute atomic E-state index is 6.49. The van der Waals surface area contributed by atoms with E-state index in [-0.39, 0.29) is 0 Å². The van der Waals surface area contributed by atoms with Crippen LogP contribution in [0, 0.1) is 11.8 Å². The summed E-state index contributed by atoms with van der Waals surface area (Å²) in [5.74, 6) is 1.59. The van der Waals surface area contributed by atoms with Gasteiger partial charge in [0, 0.05) is 44.3 Å². The van der Waals surface area contributed by atoms with Crippen LogP contribution in [0.25, 0.3) is 0 Å². The number of nitrogens with two attached hydrogens (primary N) is 1. The highest BCUT2D eigenvalue weighted by Crippen LogP contribution is 2.32. The number of hydrogen-bond donors (Lipinski definition) is 1. The molecule has 20 heavy (non-hydrogen) atoms. The smallest absolute Gasteiger partial charge is 0.0274 e. The molecule has 3 heteroatoms. The second-order valence-electron chi connectivity index (χ2n) is 7.72. The highest BCUT2D eigenvalue weighted by atomic mass is 15.3. The van der Waals surface area contributed by atoms with E-state index in [0.717, 1.165) is 17.9 Å². The molecule has 0 radical (unpaired) electrons. The molecule has 3 nitrogen and oxygen atoms in total. The van der Waals surface area contributed by atoms with Crippen molar-refractivity contribution >= 4 is 0 Å². The van der Waals surface area contributed by atoms with Crippen molar-refractivity contribution in [2.24, 2.45) is 17.6 Å². The van der Waals surface area contributed by atoms with Crippen molar-refractivity contribution in [3.8, 4) is 0 Å². The molecular weight excluding hydrogens is 246 g/mol. The van der Waals surface area contributed by atoms with Crippen LogP contribution in [0.1, 0.15) is 52.4 Å². The van der Waals surface area contributed by atoms with Gasteiger partial charge in [0.15, 0.2) is 0 Å². The second kappa shape index (κ2) is 6.33. The van der Waals surface area contributed by atoms with E-state index in [4.69, 9.17) is 5.73 Å². The molecule has 2 aliphatic carbocycles. The molecular formula is C17H33N3. The van der Waals surface area contributed by atoms with E-state index in [1.807, 2.05) is 0 Å². The average Bonchev–Trinajstić information content (AvgIpc) is 2.92. The Morgan fingerprint density at radius 2 is 1.45 bits per heavy atom. The molecule has 4 atom stereocenters. The fourth-order valence-corrected chi connectivity index (χ4v) is 5.20. The topological polar surface area (TPSA) is 32.5 Å². The molecule has 2 saturated carbocycles. The van der Waals surface area contributed by atoms with Gasteiger partial charge in [0.25, 0.3) is 0 Å². The lowest BCUT2D eigenvalue weighted by Crippen LogP contribution is -2.60. The van der Waals surface area contributed by atoms with Crippen molar-refractivity contribution in [2.45, 2.75) is 70.5 Å². The molecule has 0 spiro atoms. The second-order valence-corrected chi connectivity index (χ2v) is 7.72. The van der Waals surface area contributed by atoms with Gasteiger partial charge < -0.3 is 5.73 Å². The predicted molar refractivity (Wildman–Crippen MR) is 84.7 cm³/mol. The Morgan fingerprint density at radius 1 is 0.850 bits per heavy atom. The van der Waals surface area contributed by atoms with Crippen LogP contribution in [0.2, 0.25) is 0 Å². The number of piperazine rings is 1. The van der Waals surface area contributed by atoms with E-state index < -0.39 is 0 Å². The summed E-state index contributed by atoms with van der Waals surface area (Å²) in [7, 11) is 0. The minimum atomic E-state index is 0.395. The third-order valence-corrected chi connectivity index (χ3v) is 6.08. The molecule has 116 valence electrons. The summed E-state index contributed by atoms with van der Waals surface area (Å²) >= 11 is 0. The lowest BCUT2D eigenvalue weighted by atomic mass is 9.76. The van der Waals surface area contributed by atoms with E-state index in [0.29, 0.717) is 12.1 Å². The zero-order valence-electron chi connectivity index (χ0n) is 13.4. The Hall–Kier alpha value is -0.120. The summed E-state index contributed by atoms with van der Waals surface area (Å²) < 4.78 is 0. The number of rotatable bonds is 2. The van der Waals surface area contributed by atoms with Crippen LogP contribution < -0.4 is 5.73 Å². The van der Waals surface area contributed by atoms with E-state index in [1.54, 1.807) is 0 Å². The van der Waals surface area contributed by atoms with E-state index in [2.05, 4.69) is 23.6 Å². The monoisotopic (exact) mass is 279 g/mol. The first kappa shape index (κ1) is 14.8. The van der Waals surface area contributed by atoms with Crippen molar-refractivity contribution in [2.75, 3.05) is 26.2 Å². The molecule has 2 N–H and O–H groups in total. The van der Waals surface area contributed by atoms with Crippen molar-refractivity contribution < 1.29 is 0 Å². The van der Waals surface area contributed by atoms with Crippen LogP contribution in [0.5, 0.6) is 0 Å². The largest absolute Gasteiger partial charge is 0.326 e. The summed E-state index contributed by atoms with van der Waals surface area (Å²) in [5.41, 5.74) is 6.49. The van der Waals surface area contributed by atoms with Crippen LogP contribution >= 0.6 is 0 Å². The van der Waals surface area contributed by atoms with Crippen LogP contribution in [0.4, 0.5) is 0 Å². The molecule has 4 unspecified atom stereocenters. The minimum Gasteiger partial charge on any atom is -0.326 e. The molecule has 1 heterocycles. The van der Waals surface area contributed by atoms with Gasteiger partial charge in [0.05, 0.1) is 0 Å². The number of hydrogen-bond acceptors (Lipinski definition) is 3. The Morgan fingerprint density at radius 3 is 2.05 bits per heavy atom. The quantitative estimate of drug-likeness (QED) is 0.842. The molecule has 3 aliphatic rings. The molecule has 0 bridgehead atoms. The molecule has 1 aliphatic heterocycles. The Kier molecular flexibility index (Phi) is 4.68. The van der Waals surface area contributed by atoms with Gasteiger partial charge in [-0.25, -0.2) is 0 Å². The SMILES string of the molecule is CC1CC(C)C(N2CCN(C3CCCC3)CC2)C(N)C1. The highest BCUT2D eigenvalue weighted by molar-refractivity contribution is 4.94. The Balaban J connectivity index is 1.54. The van der Waals surface area contributed by atoms with Crippen molar-refractivity contribution in [3.05, 3.63) is 0 Å². The van der Waals surface area contributed by atoms with Crippen molar-refractivity contribution in [1.29, 1.82) is 0 Å². The normalized spacial score (nSPS) is 42.1. The first-order chi connectivity index (χ1) is 9.65. The van der Waals surface area contributed by atoms with Crippen molar-refractivity contribution in [3.63, 3.8) is 0 Å². The average molecular weight is 279 g/mol. The zero-order valence-corrected chi connectivity index (χ0v) is 13.4.